The summed E-state index contributed by atoms with van der Waals surface area (Å²) in [6.07, 6.45) is 11.3. The van der Waals surface area contributed by atoms with Gasteiger partial charge in [-0.25, -0.2) is 8.78 Å². The topological polar surface area (TPSA) is 40.5 Å². The van der Waals surface area contributed by atoms with Crippen molar-refractivity contribution >= 4 is 18.2 Å². The number of allylic oxidation sites excluding steroid dienone is 2. The zero-order valence-electron chi connectivity index (χ0n) is 14.8. The monoisotopic (exact) mass is 348 g/mol. The molecule has 1 unspecified atom stereocenters. The maximum atomic E-state index is 14.3. The summed E-state index contributed by atoms with van der Waals surface area (Å²) in [5.74, 6) is 0.192. The molecule has 1 saturated carbocycles. The number of benzene rings is 1. The molecule has 0 heterocycles. The van der Waals surface area contributed by atoms with Gasteiger partial charge in [0.25, 0.3) is 0 Å². The molecular formula is C20H27BF2O2. The fraction of sp³-hybridized carbons (Fsp3) is 0.600. The summed E-state index contributed by atoms with van der Waals surface area (Å²) in [6, 6.07) is 2.73. The first kappa shape index (κ1) is 18.6. The number of halogens is 2. The Labute approximate surface area is 149 Å². The molecule has 2 nitrogen and oxygen atoms in total. The van der Waals surface area contributed by atoms with Gasteiger partial charge in [-0.3, -0.25) is 0 Å². The SMILES string of the molecule is CCC1CCC(C2CC=C(c3ccc(B(O)O)c(F)c3F)CC2)CC1. The fourth-order valence-electron chi connectivity index (χ4n) is 4.61. The van der Waals surface area contributed by atoms with E-state index in [0.29, 0.717) is 5.92 Å². The second-order valence-corrected chi connectivity index (χ2v) is 7.66. The first-order valence-electron chi connectivity index (χ1n) is 9.54. The minimum Gasteiger partial charge on any atom is -0.423 e. The molecule has 0 amide bonds. The van der Waals surface area contributed by atoms with Crippen LogP contribution in [0.4, 0.5) is 8.78 Å². The first-order valence-corrected chi connectivity index (χ1v) is 9.54. The van der Waals surface area contributed by atoms with Crippen LogP contribution in [0.2, 0.25) is 0 Å². The fourth-order valence-corrected chi connectivity index (χ4v) is 4.61. The maximum absolute atomic E-state index is 14.3. The molecule has 25 heavy (non-hydrogen) atoms. The molecular weight excluding hydrogens is 321 g/mol. The Bertz CT molecular complexity index is 637. The Hall–Kier alpha value is -1.20. The van der Waals surface area contributed by atoms with E-state index in [9.17, 15) is 8.78 Å². The second-order valence-electron chi connectivity index (χ2n) is 7.66. The van der Waals surface area contributed by atoms with Crippen LogP contribution in [0.3, 0.4) is 0 Å². The van der Waals surface area contributed by atoms with Crippen molar-refractivity contribution in [1.82, 2.24) is 0 Å². The largest absolute Gasteiger partial charge is 0.491 e. The van der Waals surface area contributed by atoms with Crippen LogP contribution < -0.4 is 5.46 Å². The average Bonchev–Trinajstić information content (AvgIpc) is 2.64. The van der Waals surface area contributed by atoms with Crippen LogP contribution in [-0.2, 0) is 0 Å². The minimum atomic E-state index is -1.99. The summed E-state index contributed by atoms with van der Waals surface area (Å²) in [7, 11) is -1.99. The Balaban J connectivity index is 1.68. The van der Waals surface area contributed by atoms with Crippen molar-refractivity contribution in [2.75, 3.05) is 0 Å². The summed E-state index contributed by atoms with van der Waals surface area (Å²) in [4.78, 5) is 0. The van der Waals surface area contributed by atoms with Crippen molar-refractivity contribution in [3.63, 3.8) is 0 Å². The van der Waals surface area contributed by atoms with E-state index < -0.39 is 24.2 Å². The quantitative estimate of drug-likeness (QED) is 0.806. The van der Waals surface area contributed by atoms with Crippen LogP contribution in [-0.4, -0.2) is 17.2 Å². The highest BCUT2D eigenvalue weighted by atomic mass is 19.2. The lowest BCUT2D eigenvalue weighted by Gasteiger charge is -2.35. The van der Waals surface area contributed by atoms with Gasteiger partial charge in [0.15, 0.2) is 11.6 Å². The molecule has 0 saturated heterocycles. The number of rotatable bonds is 4. The van der Waals surface area contributed by atoms with Crippen molar-refractivity contribution in [2.45, 2.75) is 58.3 Å². The first-order chi connectivity index (χ1) is 12.0. The van der Waals surface area contributed by atoms with Gasteiger partial charge in [-0.05, 0) is 55.4 Å². The molecule has 0 bridgehead atoms. The van der Waals surface area contributed by atoms with E-state index in [2.05, 4.69) is 13.0 Å². The van der Waals surface area contributed by atoms with Crippen LogP contribution in [0.15, 0.2) is 18.2 Å². The molecule has 2 N–H and O–H groups in total. The molecule has 2 aliphatic rings. The minimum absolute atomic E-state index is 0.259. The Morgan fingerprint density at radius 3 is 2.28 bits per heavy atom. The van der Waals surface area contributed by atoms with Gasteiger partial charge in [-0.15, -0.1) is 0 Å². The molecule has 1 fully saturated rings. The molecule has 2 aliphatic carbocycles. The van der Waals surface area contributed by atoms with Gasteiger partial charge in [0.2, 0.25) is 0 Å². The van der Waals surface area contributed by atoms with E-state index in [-0.39, 0.29) is 5.56 Å². The van der Waals surface area contributed by atoms with Gasteiger partial charge in [0.05, 0.1) is 0 Å². The summed E-state index contributed by atoms with van der Waals surface area (Å²) >= 11 is 0. The third-order valence-electron chi connectivity index (χ3n) is 6.32. The second kappa shape index (κ2) is 8.00. The van der Waals surface area contributed by atoms with Crippen molar-refractivity contribution in [3.8, 4) is 0 Å². The Morgan fingerprint density at radius 1 is 1.00 bits per heavy atom. The van der Waals surface area contributed by atoms with Gasteiger partial charge in [0.1, 0.15) is 0 Å². The lowest BCUT2D eigenvalue weighted by atomic mass is 9.70. The van der Waals surface area contributed by atoms with Gasteiger partial charge in [0, 0.05) is 11.0 Å². The lowest BCUT2D eigenvalue weighted by molar-refractivity contribution is 0.192. The Kier molecular flexibility index (Phi) is 5.95. The molecule has 1 aromatic rings. The van der Waals surface area contributed by atoms with E-state index in [4.69, 9.17) is 10.0 Å². The molecule has 0 spiro atoms. The van der Waals surface area contributed by atoms with E-state index in [1.807, 2.05) is 0 Å². The third-order valence-corrected chi connectivity index (χ3v) is 6.32. The van der Waals surface area contributed by atoms with Gasteiger partial charge in [-0.2, -0.15) is 0 Å². The van der Waals surface area contributed by atoms with Crippen molar-refractivity contribution in [2.24, 2.45) is 17.8 Å². The molecule has 0 aliphatic heterocycles. The molecule has 5 heteroatoms. The maximum Gasteiger partial charge on any atom is 0.491 e. The smallest absolute Gasteiger partial charge is 0.423 e. The lowest BCUT2D eigenvalue weighted by Crippen LogP contribution is -2.33. The summed E-state index contributed by atoms with van der Waals surface area (Å²) in [5, 5.41) is 18.2. The highest BCUT2D eigenvalue weighted by Gasteiger charge is 2.29. The van der Waals surface area contributed by atoms with Crippen LogP contribution >= 0.6 is 0 Å². The standard InChI is InChI=1S/C20H27BF2O2/c1-2-13-3-5-14(6-4-13)15-7-9-16(10-8-15)17-11-12-18(21(24)25)20(23)19(17)22/h9,11-15,24-25H,2-8,10H2,1H3. The van der Waals surface area contributed by atoms with Gasteiger partial charge in [-0.1, -0.05) is 44.4 Å². The molecule has 1 aromatic carbocycles. The Morgan fingerprint density at radius 2 is 1.72 bits per heavy atom. The van der Waals surface area contributed by atoms with E-state index in [0.717, 1.165) is 36.7 Å². The normalized spacial score (nSPS) is 27.1. The van der Waals surface area contributed by atoms with Crippen molar-refractivity contribution in [1.29, 1.82) is 0 Å². The highest BCUT2D eigenvalue weighted by Crippen LogP contribution is 2.42. The van der Waals surface area contributed by atoms with Gasteiger partial charge >= 0.3 is 7.12 Å². The summed E-state index contributed by atoms with van der Waals surface area (Å²) in [5.41, 5.74) is 0.687. The third kappa shape index (κ3) is 3.98. The zero-order valence-corrected chi connectivity index (χ0v) is 14.8. The summed E-state index contributed by atoms with van der Waals surface area (Å²) < 4.78 is 28.3. The van der Waals surface area contributed by atoms with Crippen LogP contribution in [0.1, 0.15) is 63.9 Å². The molecule has 0 radical (unpaired) electrons. The zero-order chi connectivity index (χ0) is 18.0. The van der Waals surface area contributed by atoms with Crippen molar-refractivity contribution in [3.05, 3.63) is 35.4 Å². The molecule has 3 rings (SSSR count). The highest BCUT2D eigenvalue weighted by molar-refractivity contribution is 6.58. The van der Waals surface area contributed by atoms with Crippen molar-refractivity contribution < 1.29 is 18.8 Å². The van der Waals surface area contributed by atoms with E-state index >= 15 is 0 Å². The molecule has 1 atom stereocenters. The average molecular weight is 348 g/mol. The molecule has 0 aromatic heterocycles. The van der Waals surface area contributed by atoms with E-state index in [1.165, 1.54) is 44.2 Å². The number of hydrogen-bond donors (Lipinski definition) is 2. The summed E-state index contributed by atoms with van der Waals surface area (Å²) in [6.45, 7) is 2.27. The van der Waals surface area contributed by atoms with Gasteiger partial charge < -0.3 is 10.0 Å². The van der Waals surface area contributed by atoms with E-state index in [1.54, 1.807) is 0 Å². The predicted octanol–water partition coefficient (Wildman–Crippen LogP) is 4.04. The predicted molar refractivity (Wildman–Crippen MR) is 97.2 cm³/mol. The van der Waals surface area contributed by atoms with Crippen LogP contribution in [0.25, 0.3) is 5.57 Å². The number of hydrogen-bond acceptors (Lipinski definition) is 2. The molecule has 136 valence electrons. The van der Waals surface area contributed by atoms with Crippen LogP contribution in [0, 0.1) is 29.4 Å². The van der Waals surface area contributed by atoms with Crippen LogP contribution in [0.5, 0.6) is 0 Å².